The quantitative estimate of drug-likeness (QED) is 0.934. The van der Waals surface area contributed by atoms with Crippen LogP contribution in [0.5, 0.6) is 5.75 Å². The van der Waals surface area contributed by atoms with E-state index in [1.807, 2.05) is 11.4 Å². The largest absolute Gasteiger partial charge is 0.488 e. The molecule has 5 heteroatoms. The van der Waals surface area contributed by atoms with Crippen LogP contribution < -0.4 is 10.5 Å². The highest BCUT2D eigenvalue weighted by Crippen LogP contribution is 2.22. The molecule has 1 heterocycles. The van der Waals surface area contributed by atoms with Gasteiger partial charge in [0.05, 0.1) is 0 Å². The summed E-state index contributed by atoms with van der Waals surface area (Å²) in [6.07, 6.45) is 0. The highest BCUT2D eigenvalue weighted by Gasteiger charge is 2.03. The minimum atomic E-state index is -0.324. The maximum Gasteiger partial charge on any atom is 0.127 e. The van der Waals surface area contributed by atoms with Crippen molar-refractivity contribution in [3.05, 3.63) is 50.4 Å². The van der Waals surface area contributed by atoms with Crippen LogP contribution >= 0.6 is 27.3 Å². The van der Waals surface area contributed by atoms with E-state index in [9.17, 15) is 4.39 Å². The first-order valence-corrected chi connectivity index (χ1v) is 6.70. The van der Waals surface area contributed by atoms with E-state index in [4.69, 9.17) is 10.5 Å². The number of hydrogen-bond donors (Lipinski definition) is 1. The lowest BCUT2D eigenvalue weighted by molar-refractivity contribution is 0.308. The highest BCUT2D eigenvalue weighted by molar-refractivity contribution is 9.10. The molecule has 0 fully saturated rings. The van der Waals surface area contributed by atoms with Gasteiger partial charge in [0.25, 0.3) is 0 Å². The first kappa shape index (κ1) is 12.5. The maximum atomic E-state index is 13.2. The van der Waals surface area contributed by atoms with Crippen molar-refractivity contribution in [1.82, 2.24) is 0 Å². The third-order valence-corrected chi connectivity index (χ3v) is 3.84. The van der Waals surface area contributed by atoms with Crippen molar-refractivity contribution in [3.63, 3.8) is 0 Å². The summed E-state index contributed by atoms with van der Waals surface area (Å²) in [5.41, 5.74) is 6.20. The summed E-state index contributed by atoms with van der Waals surface area (Å²) in [7, 11) is 0. The lowest BCUT2D eigenvalue weighted by Gasteiger charge is -2.06. The van der Waals surface area contributed by atoms with E-state index >= 15 is 0 Å². The predicted octanol–water partition coefficient (Wildman–Crippen LogP) is 3.69. The first-order valence-electron chi connectivity index (χ1n) is 5.02. The van der Waals surface area contributed by atoms with Gasteiger partial charge in [-0.15, -0.1) is 11.3 Å². The monoisotopic (exact) mass is 315 g/mol. The molecule has 1 aromatic heterocycles. The van der Waals surface area contributed by atoms with E-state index in [0.717, 1.165) is 14.9 Å². The highest BCUT2D eigenvalue weighted by atomic mass is 79.9. The molecule has 2 aromatic rings. The van der Waals surface area contributed by atoms with Gasteiger partial charge in [-0.05, 0) is 39.7 Å². The van der Waals surface area contributed by atoms with Gasteiger partial charge in [-0.3, -0.25) is 0 Å². The van der Waals surface area contributed by atoms with Gasteiger partial charge in [-0.2, -0.15) is 0 Å². The van der Waals surface area contributed by atoms with Crippen LogP contribution in [0.1, 0.15) is 10.4 Å². The Morgan fingerprint density at radius 2 is 2.12 bits per heavy atom. The number of hydrogen-bond acceptors (Lipinski definition) is 3. The second kappa shape index (κ2) is 5.62. The van der Waals surface area contributed by atoms with Crippen LogP contribution in [0.3, 0.4) is 0 Å². The van der Waals surface area contributed by atoms with Crippen LogP contribution in [0, 0.1) is 5.82 Å². The minimum absolute atomic E-state index is 0.304. The Hall–Kier alpha value is -0.910. The average Bonchev–Trinajstić information content (AvgIpc) is 2.72. The molecule has 0 bridgehead atoms. The number of ether oxygens (including phenoxy) is 1. The molecule has 0 aliphatic rings. The van der Waals surface area contributed by atoms with E-state index in [0.29, 0.717) is 18.9 Å². The van der Waals surface area contributed by atoms with Crippen molar-refractivity contribution in [2.75, 3.05) is 0 Å². The molecule has 0 atom stereocenters. The van der Waals surface area contributed by atoms with Crippen LogP contribution in [0.15, 0.2) is 34.1 Å². The number of halogens is 2. The molecule has 0 spiro atoms. The molecule has 2 rings (SSSR count). The van der Waals surface area contributed by atoms with Crippen molar-refractivity contribution in [1.29, 1.82) is 0 Å². The Morgan fingerprint density at radius 3 is 2.76 bits per heavy atom. The van der Waals surface area contributed by atoms with Gasteiger partial charge in [-0.25, -0.2) is 4.39 Å². The summed E-state index contributed by atoms with van der Waals surface area (Å²) in [4.78, 5) is 1.08. The lowest BCUT2D eigenvalue weighted by Crippen LogP contribution is -1.99. The molecule has 17 heavy (non-hydrogen) atoms. The molecule has 0 aliphatic heterocycles. The maximum absolute atomic E-state index is 13.2. The molecule has 1 aromatic carbocycles. The zero-order valence-electron chi connectivity index (χ0n) is 8.95. The Bertz CT molecular complexity index is 515. The summed E-state index contributed by atoms with van der Waals surface area (Å²) in [6, 6.07) is 6.51. The van der Waals surface area contributed by atoms with Crippen molar-refractivity contribution < 1.29 is 9.13 Å². The second-order valence-electron chi connectivity index (χ2n) is 3.52. The minimum Gasteiger partial charge on any atom is -0.488 e. The van der Waals surface area contributed by atoms with E-state index in [2.05, 4.69) is 15.9 Å². The van der Waals surface area contributed by atoms with Crippen LogP contribution in [0.4, 0.5) is 4.39 Å². The van der Waals surface area contributed by atoms with Crippen LogP contribution in [0.25, 0.3) is 0 Å². The van der Waals surface area contributed by atoms with E-state index in [-0.39, 0.29) is 5.82 Å². The van der Waals surface area contributed by atoms with Crippen molar-refractivity contribution in [3.8, 4) is 5.75 Å². The topological polar surface area (TPSA) is 35.2 Å². The molecular formula is C12H11BrFNOS. The Kier molecular flexibility index (Phi) is 4.15. The number of thiophene rings is 1. The molecule has 0 unspecified atom stereocenters. The van der Waals surface area contributed by atoms with Crippen LogP contribution in [0.2, 0.25) is 0 Å². The molecule has 0 aliphatic carbocycles. The van der Waals surface area contributed by atoms with Gasteiger partial charge >= 0.3 is 0 Å². The second-order valence-corrected chi connectivity index (χ2v) is 5.43. The summed E-state index contributed by atoms with van der Waals surface area (Å²) in [5, 5.41) is 1.98. The Balaban J connectivity index is 2.05. The van der Waals surface area contributed by atoms with Crippen molar-refractivity contribution in [2.45, 2.75) is 13.2 Å². The molecule has 2 nitrogen and oxygen atoms in total. The van der Waals surface area contributed by atoms with Crippen LogP contribution in [-0.4, -0.2) is 0 Å². The number of nitrogens with two attached hydrogens (primary N) is 1. The molecule has 90 valence electrons. The van der Waals surface area contributed by atoms with E-state index < -0.39 is 0 Å². The zero-order valence-corrected chi connectivity index (χ0v) is 11.4. The molecule has 0 amide bonds. The van der Waals surface area contributed by atoms with E-state index in [1.165, 1.54) is 12.1 Å². The lowest BCUT2D eigenvalue weighted by atomic mass is 10.2. The van der Waals surface area contributed by atoms with Gasteiger partial charge in [0.1, 0.15) is 18.2 Å². The van der Waals surface area contributed by atoms with Crippen molar-refractivity contribution in [2.24, 2.45) is 5.73 Å². The summed E-state index contributed by atoms with van der Waals surface area (Å²) in [5.74, 6) is 0.185. The first-order chi connectivity index (χ1) is 8.17. The SMILES string of the molecule is NCc1cc(F)cc(OCc2cc(Br)cs2)c1. The van der Waals surface area contributed by atoms with Gasteiger partial charge in [-0.1, -0.05) is 0 Å². The molecule has 2 N–H and O–H groups in total. The summed E-state index contributed by atoms with van der Waals surface area (Å²) < 4.78 is 19.8. The van der Waals surface area contributed by atoms with Crippen LogP contribution in [-0.2, 0) is 13.2 Å². The van der Waals surface area contributed by atoms with Gasteiger partial charge < -0.3 is 10.5 Å². The number of rotatable bonds is 4. The van der Waals surface area contributed by atoms with Crippen molar-refractivity contribution >= 4 is 27.3 Å². The molecular weight excluding hydrogens is 305 g/mol. The predicted molar refractivity (Wildman–Crippen MR) is 70.6 cm³/mol. The summed E-state index contributed by atoms with van der Waals surface area (Å²) in [6.45, 7) is 0.738. The van der Waals surface area contributed by atoms with Gasteiger partial charge in [0.15, 0.2) is 0 Å². The third kappa shape index (κ3) is 3.52. The van der Waals surface area contributed by atoms with Gasteiger partial charge in [0.2, 0.25) is 0 Å². The third-order valence-electron chi connectivity index (χ3n) is 2.17. The normalized spacial score (nSPS) is 10.5. The molecule has 0 saturated heterocycles. The Labute approximate surface area is 111 Å². The fourth-order valence-corrected chi connectivity index (χ4v) is 2.77. The molecule has 0 radical (unpaired) electrons. The van der Waals surface area contributed by atoms with Gasteiger partial charge in [0, 0.05) is 27.3 Å². The Morgan fingerprint density at radius 1 is 1.29 bits per heavy atom. The zero-order chi connectivity index (χ0) is 12.3. The fraction of sp³-hybridized carbons (Fsp3) is 0.167. The fourth-order valence-electron chi connectivity index (χ4n) is 1.41. The molecule has 0 saturated carbocycles. The smallest absolute Gasteiger partial charge is 0.127 e. The number of benzene rings is 1. The summed E-state index contributed by atoms with van der Waals surface area (Å²) >= 11 is 4.96. The standard InChI is InChI=1S/C12H11BrFNOS/c13-9-3-12(17-7-9)6-16-11-2-8(5-15)1-10(14)4-11/h1-4,7H,5-6,15H2. The average molecular weight is 316 g/mol. The van der Waals surface area contributed by atoms with E-state index in [1.54, 1.807) is 17.4 Å².